The lowest BCUT2D eigenvalue weighted by molar-refractivity contribution is -0.140. The van der Waals surface area contributed by atoms with Crippen LogP contribution in [0.15, 0.2) is 43.0 Å². The number of halogens is 2. The molecule has 2 amide bonds. The second-order valence-electron chi connectivity index (χ2n) is 9.71. The monoisotopic (exact) mass is 556 g/mol. The molecular weight excluding hydrogens is 523 g/mol. The Balaban J connectivity index is 1.87. The van der Waals surface area contributed by atoms with Crippen LogP contribution in [-0.4, -0.2) is 34.3 Å². The molecule has 1 atom stereocenters. The Bertz CT molecular complexity index is 1350. The number of benzene rings is 2. The maximum absolute atomic E-state index is 14.1. The van der Waals surface area contributed by atoms with Crippen LogP contribution in [0.1, 0.15) is 68.8 Å². The fourth-order valence-electron chi connectivity index (χ4n) is 5.15. The minimum absolute atomic E-state index is 0.0525. The van der Waals surface area contributed by atoms with Crippen LogP contribution in [0.25, 0.3) is 16.7 Å². The van der Waals surface area contributed by atoms with Gasteiger partial charge in [-0.1, -0.05) is 61.2 Å². The molecular formula is C29H34Cl2N4O3. The number of nitrogens with zero attached hydrogens (tertiary/aromatic N) is 1. The first-order valence-corrected chi connectivity index (χ1v) is 13.7. The normalized spacial score (nSPS) is 14.7. The van der Waals surface area contributed by atoms with Gasteiger partial charge in [-0.3, -0.25) is 9.59 Å². The molecule has 1 saturated carbocycles. The lowest BCUT2D eigenvalue weighted by Gasteiger charge is -2.33. The minimum atomic E-state index is -0.965. The Kier molecular flexibility index (Phi) is 8.90. The van der Waals surface area contributed by atoms with Gasteiger partial charge in [0, 0.05) is 41.0 Å². The number of amides is 2. The summed E-state index contributed by atoms with van der Waals surface area (Å²) < 4.78 is 5.77. The van der Waals surface area contributed by atoms with Crippen molar-refractivity contribution in [3.8, 4) is 0 Å². The van der Waals surface area contributed by atoms with E-state index in [2.05, 4.69) is 16.9 Å². The number of carbonyl (C=O) groups is 2. The van der Waals surface area contributed by atoms with E-state index in [1.807, 2.05) is 19.1 Å². The van der Waals surface area contributed by atoms with Gasteiger partial charge < -0.3 is 25.7 Å². The predicted molar refractivity (Wildman–Crippen MR) is 154 cm³/mol. The van der Waals surface area contributed by atoms with Gasteiger partial charge in [0.25, 0.3) is 0 Å². The van der Waals surface area contributed by atoms with Crippen LogP contribution in [0.2, 0.25) is 10.0 Å². The van der Waals surface area contributed by atoms with E-state index in [-0.39, 0.29) is 24.4 Å². The van der Waals surface area contributed by atoms with Crippen molar-refractivity contribution in [2.45, 2.75) is 64.6 Å². The third-order valence-corrected chi connectivity index (χ3v) is 7.57. The first kappa shape index (κ1) is 27.9. The van der Waals surface area contributed by atoms with E-state index in [9.17, 15) is 9.59 Å². The van der Waals surface area contributed by atoms with Crippen molar-refractivity contribution >= 4 is 57.4 Å². The second-order valence-corrected chi connectivity index (χ2v) is 10.6. The van der Waals surface area contributed by atoms with E-state index < -0.39 is 6.04 Å². The first-order chi connectivity index (χ1) is 18.2. The number of ether oxygens (including phenoxy) is 1. The number of nitrogens with one attached hydrogen (secondary N) is 2. The van der Waals surface area contributed by atoms with Crippen LogP contribution in [0, 0.1) is 0 Å². The van der Waals surface area contributed by atoms with Gasteiger partial charge in [-0.15, -0.1) is 0 Å². The van der Waals surface area contributed by atoms with Crippen LogP contribution in [-0.2, 0) is 20.9 Å². The van der Waals surface area contributed by atoms with Gasteiger partial charge in [-0.2, -0.15) is 0 Å². The molecule has 0 bridgehead atoms. The van der Waals surface area contributed by atoms with Crippen LogP contribution in [0.4, 0.5) is 5.69 Å². The third kappa shape index (κ3) is 6.11. The Morgan fingerprint density at radius 1 is 1.18 bits per heavy atom. The summed E-state index contributed by atoms with van der Waals surface area (Å²) in [6, 6.07) is 9.72. The zero-order valence-corrected chi connectivity index (χ0v) is 23.3. The van der Waals surface area contributed by atoms with E-state index in [4.69, 9.17) is 33.7 Å². The number of nitrogen functional groups attached to an aromatic ring is 1. The van der Waals surface area contributed by atoms with Crippen molar-refractivity contribution < 1.29 is 14.3 Å². The van der Waals surface area contributed by atoms with E-state index in [1.165, 1.54) is 6.92 Å². The number of aromatic amines is 1. The standard InChI is InChI=1S/C29H34Cl2N4O3/c1-4-38-17(2)27-26(22-12-11-20(30)15-25(22)34-27)28(29(37)33-21-8-6-5-7-9-21)35(18(3)36)16-19-10-13-24(32)23(31)14-19/h10-15,21,28,34H,2,4-9,16,32H2,1,3H3,(H,33,37). The summed E-state index contributed by atoms with van der Waals surface area (Å²) in [4.78, 5) is 32.3. The van der Waals surface area contributed by atoms with Crippen molar-refractivity contribution in [2.24, 2.45) is 0 Å². The Morgan fingerprint density at radius 3 is 2.58 bits per heavy atom. The summed E-state index contributed by atoms with van der Waals surface area (Å²) >= 11 is 12.6. The number of rotatable bonds is 9. The Labute approximate surface area is 233 Å². The largest absolute Gasteiger partial charge is 0.492 e. The maximum atomic E-state index is 14.1. The zero-order valence-electron chi connectivity index (χ0n) is 21.8. The number of nitrogens with two attached hydrogens (primary N) is 1. The van der Waals surface area contributed by atoms with Crippen molar-refractivity contribution in [1.29, 1.82) is 0 Å². The average Bonchev–Trinajstić information content (AvgIpc) is 3.24. The molecule has 4 rings (SSSR count). The van der Waals surface area contributed by atoms with Crippen LogP contribution in [0.5, 0.6) is 0 Å². The van der Waals surface area contributed by atoms with Gasteiger partial charge in [0.15, 0.2) is 0 Å². The first-order valence-electron chi connectivity index (χ1n) is 12.9. The molecule has 1 unspecified atom stereocenters. The Hall–Kier alpha value is -3.16. The van der Waals surface area contributed by atoms with Crippen LogP contribution < -0.4 is 11.1 Å². The molecule has 1 heterocycles. The average molecular weight is 558 g/mol. The van der Waals surface area contributed by atoms with Crippen LogP contribution >= 0.6 is 23.2 Å². The number of fused-ring (bicyclic) bond motifs is 1. The van der Waals surface area contributed by atoms with Gasteiger partial charge >= 0.3 is 0 Å². The number of anilines is 1. The lowest BCUT2D eigenvalue weighted by atomic mass is 9.94. The van der Waals surface area contributed by atoms with Crippen molar-refractivity contribution in [1.82, 2.24) is 15.2 Å². The SMILES string of the molecule is C=C(OCC)c1[nH]c2cc(Cl)ccc2c1C(C(=O)NC1CCCCC1)N(Cc1ccc(N)c(Cl)c1)C(C)=O. The molecule has 3 aromatic rings. The number of carbonyl (C=O) groups excluding carboxylic acids is 2. The van der Waals surface area contributed by atoms with Crippen molar-refractivity contribution in [3.63, 3.8) is 0 Å². The molecule has 0 radical (unpaired) electrons. The quantitative estimate of drug-likeness (QED) is 0.204. The molecule has 4 N–H and O–H groups in total. The van der Waals surface area contributed by atoms with E-state index in [0.717, 1.165) is 48.6 Å². The molecule has 0 saturated heterocycles. The van der Waals surface area contributed by atoms with Crippen molar-refractivity contribution in [2.75, 3.05) is 12.3 Å². The molecule has 1 aromatic heterocycles. The smallest absolute Gasteiger partial charge is 0.247 e. The van der Waals surface area contributed by atoms with Crippen molar-refractivity contribution in [3.05, 3.63) is 69.8 Å². The highest BCUT2D eigenvalue weighted by Gasteiger charge is 2.36. The molecule has 9 heteroatoms. The molecule has 202 valence electrons. The summed E-state index contributed by atoms with van der Waals surface area (Å²) in [5.74, 6) is -0.141. The zero-order chi connectivity index (χ0) is 27.4. The lowest BCUT2D eigenvalue weighted by Crippen LogP contribution is -2.46. The fourth-order valence-corrected chi connectivity index (χ4v) is 5.52. The molecule has 38 heavy (non-hydrogen) atoms. The number of hydrogen-bond donors (Lipinski definition) is 3. The van der Waals surface area contributed by atoms with Gasteiger partial charge in [0.1, 0.15) is 11.8 Å². The molecule has 1 fully saturated rings. The van der Waals surface area contributed by atoms with Gasteiger partial charge in [-0.05, 0) is 49.6 Å². The highest BCUT2D eigenvalue weighted by molar-refractivity contribution is 6.33. The molecule has 2 aromatic carbocycles. The minimum Gasteiger partial charge on any atom is -0.492 e. The third-order valence-electron chi connectivity index (χ3n) is 7.01. The Morgan fingerprint density at radius 2 is 1.92 bits per heavy atom. The molecule has 1 aliphatic rings. The molecule has 1 aliphatic carbocycles. The summed E-state index contributed by atoms with van der Waals surface area (Å²) in [6.45, 7) is 7.98. The van der Waals surface area contributed by atoms with E-state index in [1.54, 1.807) is 29.2 Å². The van der Waals surface area contributed by atoms with E-state index >= 15 is 0 Å². The summed E-state index contributed by atoms with van der Waals surface area (Å²) in [7, 11) is 0. The highest BCUT2D eigenvalue weighted by atomic mass is 35.5. The van der Waals surface area contributed by atoms with Gasteiger partial charge in [0.2, 0.25) is 11.8 Å². The fraction of sp³-hybridized carbons (Fsp3) is 0.379. The van der Waals surface area contributed by atoms with Gasteiger partial charge in [-0.25, -0.2) is 0 Å². The highest BCUT2D eigenvalue weighted by Crippen LogP contribution is 2.38. The predicted octanol–water partition coefficient (Wildman–Crippen LogP) is 6.60. The number of H-pyrrole nitrogens is 1. The molecule has 0 spiro atoms. The van der Waals surface area contributed by atoms with Gasteiger partial charge in [0.05, 0.1) is 23.0 Å². The summed E-state index contributed by atoms with van der Waals surface area (Å²) in [5, 5.41) is 4.93. The summed E-state index contributed by atoms with van der Waals surface area (Å²) in [5.41, 5.74) is 8.99. The number of aromatic nitrogens is 1. The molecule has 0 aliphatic heterocycles. The molecule has 7 nitrogen and oxygen atoms in total. The summed E-state index contributed by atoms with van der Waals surface area (Å²) in [6.07, 6.45) is 5.11. The van der Waals surface area contributed by atoms with Crippen LogP contribution in [0.3, 0.4) is 0 Å². The second kappa shape index (κ2) is 12.1. The van der Waals surface area contributed by atoms with E-state index in [0.29, 0.717) is 39.4 Å². The topological polar surface area (TPSA) is 100 Å². The maximum Gasteiger partial charge on any atom is 0.247 e. The number of hydrogen-bond acceptors (Lipinski definition) is 4.